The van der Waals surface area contributed by atoms with E-state index in [1.54, 1.807) is 0 Å². The number of nitrogens with zero attached hydrogens (tertiary/aromatic N) is 3. The van der Waals surface area contributed by atoms with Gasteiger partial charge < -0.3 is 9.30 Å². The maximum absolute atomic E-state index is 9.28. The maximum atomic E-state index is 9.28. The topological polar surface area (TPSA) is 50.8 Å². The number of aromatic nitrogens is 2. The number of hydrogen-bond acceptors (Lipinski definition) is 3. The van der Waals surface area contributed by atoms with Crippen molar-refractivity contribution in [1.82, 2.24) is 9.55 Å². The molecule has 0 unspecified atom stereocenters. The third-order valence-electron chi connectivity index (χ3n) is 3.61. The first-order valence-electron chi connectivity index (χ1n) is 6.40. The molecule has 0 atom stereocenters. The molecule has 1 aromatic heterocycles. The summed E-state index contributed by atoms with van der Waals surface area (Å²) in [7, 11) is 1.87. The fraction of sp³-hybridized carbons (Fsp3) is 0.333. The fourth-order valence-corrected chi connectivity index (χ4v) is 2.45. The molecule has 1 aliphatic heterocycles. The van der Waals surface area contributed by atoms with E-state index >= 15 is 0 Å². The van der Waals surface area contributed by atoms with Crippen LogP contribution in [0.4, 0.5) is 0 Å². The fourth-order valence-electron chi connectivity index (χ4n) is 2.45. The van der Waals surface area contributed by atoms with E-state index in [1.165, 1.54) is 5.56 Å². The van der Waals surface area contributed by atoms with E-state index < -0.39 is 0 Å². The summed E-state index contributed by atoms with van der Waals surface area (Å²) in [5, 5.41) is 9.28. The molecule has 0 fully saturated rings. The van der Waals surface area contributed by atoms with Gasteiger partial charge in [-0.15, -0.1) is 0 Å². The summed E-state index contributed by atoms with van der Waals surface area (Å²) in [5.41, 5.74) is 3.56. The number of benzene rings is 1. The maximum Gasteiger partial charge on any atom is 0.147 e. The van der Waals surface area contributed by atoms with E-state index in [0.29, 0.717) is 5.69 Å². The van der Waals surface area contributed by atoms with Crippen molar-refractivity contribution in [2.75, 3.05) is 6.61 Å². The Kier molecular flexibility index (Phi) is 2.75. The third-order valence-corrected chi connectivity index (χ3v) is 3.61. The highest BCUT2D eigenvalue weighted by molar-refractivity contribution is 5.67. The molecule has 0 radical (unpaired) electrons. The number of ether oxygens (including phenoxy) is 1. The summed E-state index contributed by atoms with van der Waals surface area (Å²) in [5.74, 6) is 1.81. The second-order valence-corrected chi connectivity index (χ2v) is 4.80. The molecule has 4 nitrogen and oxygen atoms in total. The Bertz CT molecular complexity index is 679. The minimum atomic E-state index is 0.606. The van der Waals surface area contributed by atoms with Crippen LogP contribution in [0, 0.1) is 18.3 Å². The Morgan fingerprint density at radius 2 is 2.26 bits per heavy atom. The summed E-state index contributed by atoms with van der Waals surface area (Å²) >= 11 is 0. The molecular formula is C15H15N3O. The van der Waals surface area contributed by atoms with Gasteiger partial charge in [0.1, 0.15) is 29.0 Å². The average Bonchev–Trinajstić information content (AvgIpc) is 2.74. The molecule has 0 saturated carbocycles. The molecule has 96 valence electrons. The number of fused-ring (bicyclic) bond motifs is 1. The van der Waals surface area contributed by atoms with Crippen molar-refractivity contribution in [3.63, 3.8) is 0 Å². The SMILES string of the molecule is Cc1nc(-c2ccc3c(c2)CCCO3)c(C#N)n1C. The highest BCUT2D eigenvalue weighted by atomic mass is 16.5. The normalized spacial score (nSPS) is 13.5. The molecule has 0 spiro atoms. The van der Waals surface area contributed by atoms with Gasteiger partial charge in [-0.2, -0.15) is 5.26 Å². The van der Waals surface area contributed by atoms with Crippen LogP contribution in [-0.2, 0) is 13.5 Å². The summed E-state index contributed by atoms with van der Waals surface area (Å²) in [6.45, 7) is 2.70. The highest BCUT2D eigenvalue weighted by Gasteiger charge is 2.16. The lowest BCUT2D eigenvalue weighted by Gasteiger charge is -2.17. The lowest BCUT2D eigenvalue weighted by atomic mass is 10.0. The third kappa shape index (κ3) is 1.88. The van der Waals surface area contributed by atoms with Crippen LogP contribution in [0.25, 0.3) is 11.3 Å². The Morgan fingerprint density at radius 1 is 1.42 bits per heavy atom. The molecular weight excluding hydrogens is 238 g/mol. The Hall–Kier alpha value is -2.28. The van der Waals surface area contributed by atoms with Crippen LogP contribution in [-0.4, -0.2) is 16.2 Å². The van der Waals surface area contributed by atoms with Crippen molar-refractivity contribution in [1.29, 1.82) is 5.26 Å². The minimum Gasteiger partial charge on any atom is -0.493 e. The first-order valence-corrected chi connectivity index (χ1v) is 6.40. The van der Waals surface area contributed by atoms with Crippen LogP contribution in [0.15, 0.2) is 18.2 Å². The Morgan fingerprint density at radius 3 is 3.05 bits per heavy atom. The molecule has 0 amide bonds. The van der Waals surface area contributed by atoms with Gasteiger partial charge in [-0.25, -0.2) is 4.98 Å². The predicted octanol–water partition coefficient (Wildman–Crippen LogP) is 2.59. The van der Waals surface area contributed by atoms with Gasteiger partial charge in [0.2, 0.25) is 0 Å². The zero-order chi connectivity index (χ0) is 13.4. The lowest BCUT2D eigenvalue weighted by Crippen LogP contribution is -2.08. The first kappa shape index (κ1) is 11.8. The number of nitriles is 1. The molecule has 2 heterocycles. The second-order valence-electron chi connectivity index (χ2n) is 4.80. The van der Waals surface area contributed by atoms with Crippen molar-refractivity contribution in [2.24, 2.45) is 7.05 Å². The van der Waals surface area contributed by atoms with Crippen LogP contribution in [0.3, 0.4) is 0 Å². The van der Waals surface area contributed by atoms with Crippen LogP contribution in [0.2, 0.25) is 0 Å². The van der Waals surface area contributed by atoms with E-state index in [-0.39, 0.29) is 0 Å². The molecule has 0 saturated heterocycles. The van der Waals surface area contributed by atoms with Gasteiger partial charge in [0.25, 0.3) is 0 Å². The summed E-state index contributed by atoms with van der Waals surface area (Å²) in [6, 6.07) is 8.29. The van der Waals surface area contributed by atoms with E-state index in [2.05, 4.69) is 17.1 Å². The smallest absolute Gasteiger partial charge is 0.147 e. The molecule has 2 aromatic rings. The van der Waals surface area contributed by atoms with Crippen molar-refractivity contribution < 1.29 is 4.74 Å². The highest BCUT2D eigenvalue weighted by Crippen LogP contribution is 2.31. The zero-order valence-corrected chi connectivity index (χ0v) is 11.1. The lowest BCUT2D eigenvalue weighted by molar-refractivity contribution is 0.288. The van der Waals surface area contributed by atoms with Crippen LogP contribution in [0.5, 0.6) is 5.75 Å². The van der Waals surface area contributed by atoms with Gasteiger partial charge in [-0.05, 0) is 43.5 Å². The summed E-state index contributed by atoms with van der Waals surface area (Å²) < 4.78 is 7.43. The summed E-state index contributed by atoms with van der Waals surface area (Å²) in [4.78, 5) is 4.50. The average molecular weight is 253 g/mol. The molecule has 1 aromatic carbocycles. The Labute approximate surface area is 112 Å². The van der Waals surface area contributed by atoms with Crippen molar-refractivity contribution in [3.8, 4) is 23.1 Å². The Balaban J connectivity index is 2.13. The van der Waals surface area contributed by atoms with Crippen molar-refractivity contribution >= 4 is 0 Å². The van der Waals surface area contributed by atoms with Gasteiger partial charge in [0.15, 0.2) is 0 Å². The molecule has 3 rings (SSSR count). The molecule has 4 heteroatoms. The van der Waals surface area contributed by atoms with E-state index in [0.717, 1.165) is 42.3 Å². The molecule has 19 heavy (non-hydrogen) atoms. The summed E-state index contributed by atoms with van der Waals surface area (Å²) in [6.07, 6.45) is 2.07. The quantitative estimate of drug-likeness (QED) is 0.785. The largest absolute Gasteiger partial charge is 0.493 e. The molecule has 0 bridgehead atoms. The standard InChI is InChI=1S/C15H15N3O/c1-10-17-15(13(9-16)18(10)2)12-5-6-14-11(8-12)4-3-7-19-14/h5-6,8H,3-4,7H2,1-2H3. The van der Waals surface area contributed by atoms with Gasteiger partial charge in [-0.1, -0.05) is 0 Å². The van der Waals surface area contributed by atoms with Gasteiger partial charge in [-0.3, -0.25) is 0 Å². The van der Waals surface area contributed by atoms with Crippen LogP contribution < -0.4 is 4.74 Å². The number of aryl methyl sites for hydroxylation is 2. The number of hydrogen-bond donors (Lipinski definition) is 0. The predicted molar refractivity (Wildman–Crippen MR) is 71.9 cm³/mol. The molecule has 0 aliphatic carbocycles. The van der Waals surface area contributed by atoms with E-state index in [1.807, 2.05) is 30.7 Å². The monoisotopic (exact) mass is 253 g/mol. The first-order chi connectivity index (χ1) is 9.20. The van der Waals surface area contributed by atoms with Gasteiger partial charge in [0.05, 0.1) is 6.61 Å². The molecule has 1 aliphatic rings. The molecule has 0 N–H and O–H groups in total. The van der Waals surface area contributed by atoms with E-state index in [4.69, 9.17) is 4.74 Å². The van der Waals surface area contributed by atoms with Crippen LogP contribution in [0.1, 0.15) is 23.5 Å². The second kappa shape index (κ2) is 4.43. The van der Waals surface area contributed by atoms with Gasteiger partial charge in [0, 0.05) is 12.6 Å². The van der Waals surface area contributed by atoms with Crippen molar-refractivity contribution in [3.05, 3.63) is 35.3 Å². The van der Waals surface area contributed by atoms with Crippen molar-refractivity contribution in [2.45, 2.75) is 19.8 Å². The number of rotatable bonds is 1. The zero-order valence-electron chi connectivity index (χ0n) is 11.1. The minimum absolute atomic E-state index is 0.606. The number of imidazole rings is 1. The van der Waals surface area contributed by atoms with E-state index in [9.17, 15) is 5.26 Å². The van der Waals surface area contributed by atoms with Gasteiger partial charge >= 0.3 is 0 Å². The van der Waals surface area contributed by atoms with Crippen LogP contribution >= 0.6 is 0 Å².